The van der Waals surface area contributed by atoms with E-state index in [1.165, 1.54) is 25.9 Å². The Morgan fingerprint density at radius 2 is 2.00 bits per heavy atom. The summed E-state index contributed by atoms with van der Waals surface area (Å²) in [7, 11) is 0. The van der Waals surface area contributed by atoms with E-state index < -0.39 is 0 Å². The van der Waals surface area contributed by atoms with E-state index in [-0.39, 0.29) is 0 Å². The summed E-state index contributed by atoms with van der Waals surface area (Å²) in [4.78, 5) is 2.73. The quantitative estimate of drug-likeness (QED) is 0.489. The lowest BCUT2D eigenvalue weighted by atomic mass is 9.89. The third kappa shape index (κ3) is 0.572. The second-order valence-corrected chi connectivity index (χ2v) is 4.27. The summed E-state index contributed by atoms with van der Waals surface area (Å²) in [6.45, 7) is 2.88. The number of nitrogens with zero attached hydrogens (tertiary/aromatic N) is 1. The highest BCUT2D eigenvalue weighted by Gasteiger charge is 2.43. The van der Waals surface area contributed by atoms with Crippen LogP contribution in [0.5, 0.6) is 0 Å². The van der Waals surface area contributed by atoms with Crippen molar-refractivity contribution in [3.8, 4) is 0 Å². The largest absolute Gasteiger partial charge is 0.300 e. The topological polar surface area (TPSA) is 3.24 Å². The lowest BCUT2D eigenvalue weighted by Gasteiger charge is -2.29. The Kier molecular flexibility index (Phi) is 0.984. The van der Waals surface area contributed by atoms with E-state index in [0.717, 1.165) is 17.9 Å². The molecule has 0 aromatic heterocycles. The van der Waals surface area contributed by atoms with E-state index in [1.54, 1.807) is 12.8 Å². The molecule has 2 saturated heterocycles. The first kappa shape index (κ1) is 5.59. The molecule has 0 aromatic rings. The zero-order chi connectivity index (χ0) is 6.55. The zero-order valence-corrected chi connectivity index (χ0v) is 6.42. The summed E-state index contributed by atoms with van der Waals surface area (Å²) in [5, 5.41) is 0. The summed E-state index contributed by atoms with van der Waals surface area (Å²) in [5.41, 5.74) is 0. The highest BCUT2D eigenvalue weighted by Crippen LogP contribution is 2.44. The lowest BCUT2D eigenvalue weighted by Crippen LogP contribution is -2.35. The first-order valence-corrected chi connectivity index (χ1v) is 4.67. The van der Waals surface area contributed by atoms with Crippen LogP contribution in [-0.4, -0.2) is 24.0 Å². The van der Waals surface area contributed by atoms with Crippen molar-refractivity contribution in [2.24, 2.45) is 11.8 Å². The van der Waals surface area contributed by atoms with E-state index in [1.807, 2.05) is 0 Å². The van der Waals surface area contributed by atoms with Gasteiger partial charge in [0.05, 0.1) is 0 Å². The molecule has 2 aliphatic heterocycles. The van der Waals surface area contributed by atoms with Gasteiger partial charge in [-0.25, -0.2) is 0 Å². The summed E-state index contributed by atoms with van der Waals surface area (Å²) >= 11 is 0. The molecule has 0 amide bonds. The molecule has 3 rings (SSSR count). The second-order valence-electron chi connectivity index (χ2n) is 4.27. The molecular formula is C9H15N. The fraction of sp³-hybridized carbons (Fsp3) is 1.00. The molecule has 4 atom stereocenters. The Balaban J connectivity index is 1.94. The molecular weight excluding hydrogens is 122 g/mol. The molecule has 1 aliphatic carbocycles. The molecule has 1 heteroatoms. The average molecular weight is 137 g/mol. The van der Waals surface area contributed by atoms with Crippen LogP contribution in [0.1, 0.15) is 25.7 Å². The zero-order valence-electron chi connectivity index (χ0n) is 6.42. The van der Waals surface area contributed by atoms with Gasteiger partial charge in [-0.2, -0.15) is 0 Å². The van der Waals surface area contributed by atoms with E-state index in [4.69, 9.17) is 0 Å². The standard InChI is InChI=1S/C9H15N/c1-2-9-5-7(1)8-3-4-10(9)6-8/h7-9H,1-6H2. The lowest BCUT2D eigenvalue weighted by molar-refractivity contribution is 0.186. The SMILES string of the molecule is C1CC2CC1C1CCN2C1. The third-order valence-electron chi connectivity index (χ3n) is 3.88. The van der Waals surface area contributed by atoms with Crippen LogP contribution in [0.4, 0.5) is 0 Å². The maximum absolute atomic E-state index is 2.73. The van der Waals surface area contributed by atoms with Crippen LogP contribution in [0, 0.1) is 11.8 Å². The van der Waals surface area contributed by atoms with Crippen LogP contribution in [0.3, 0.4) is 0 Å². The van der Waals surface area contributed by atoms with Gasteiger partial charge in [-0.1, -0.05) is 0 Å². The second kappa shape index (κ2) is 1.76. The minimum Gasteiger partial charge on any atom is -0.300 e. The van der Waals surface area contributed by atoms with Gasteiger partial charge in [0.15, 0.2) is 0 Å². The molecule has 3 aliphatic rings. The Morgan fingerprint density at radius 3 is 3.00 bits per heavy atom. The van der Waals surface area contributed by atoms with Crippen molar-refractivity contribution < 1.29 is 0 Å². The normalized spacial score (nSPS) is 57.6. The maximum Gasteiger partial charge on any atom is 0.00982 e. The highest BCUT2D eigenvalue weighted by molar-refractivity contribution is 4.97. The number of fused-ring (bicyclic) bond motifs is 6. The van der Waals surface area contributed by atoms with Gasteiger partial charge in [-0.15, -0.1) is 0 Å². The van der Waals surface area contributed by atoms with Crippen molar-refractivity contribution >= 4 is 0 Å². The van der Waals surface area contributed by atoms with Crippen molar-refractivity contribution in [3.05, 3.63) is 0 Å². The Hall–Kier alpha value is -0.0400. The number of rotatable bonds is 0. The van der Waals surface area contributed by atoms with E-state index in [0.29, 0.717) is 0 Å². The molecule has 56 valence electrons. The van der Waals surface area contributed by atoms with Crippen LogP contribution in [0.25, 0.3) is 0 Å². The molecule has 1 saturated carbocycles. The van der Waals surface area contributed by atoms with Gasteiger partial charge in [-0.05, 0) is 44.1 Å². The summed E-state index contributed by atoms with van der Waals surface area (Å²) in [5.74, 6) is 2.25. The molecule has 0 radical (unpaired) electrons. The van der Waals surface area contributed by atoms with Crippen molar-refractivity contribution in [3.63, 3.8) is 0 Å². The third-order valence-corrected chi connectivity index (χ3v) is 3.88. The van der Waals surface area contributed by atoms with Crippen molar-refractivity contribution in [2.75, 3.05) is 13.1 Å². The molecule has 10 heavy (non-hydrogen) atoms. The molecule has 2 heterocycles. The predicted octanol–water partition coefficient (Wildman–Crippen LogP) is 1.49. The van der Waals surface area contributed by atoms with Crippen LogP contribution < -0.4 is 0 Å². The van der Waals surface area contributed by atoms with Crippen LogP contribution >= 0.6 is 0 Å². The molecule has 4 bridgehead atoms. The minimum absolute atomic E-state index is 1.02. The molecule has 4 unspecified atom stereocenters. The van der Waals surface area contributed by atoms with Gasteiger partial charge in [-0.3, -0.25) is 0 Å². The average Bonchev–Trinajstić information content (AvgIpc) is 2.41. The molecule has 3 fully saturated rings. The smallest absolute Gasteiger partial charge is 0.00982 e. The Morgan fingerprint density at radius 1 is 1.00 bits per heavy atom. The van der Waals surface area contributed by atoms with E-state index in [2.05, 4.69) is 4.90 Å². The van der Waals surface area contributed by atoms with Gasteiger partial charge in [0.25, 0.3) is 0 Å². The minimum atomic E-state index is 1.02. The van der Waals surface area contributed by atoms with Gasteiger partial charge >= 0.3 is 0 Å². The predicted molar refractivity (Wildman–Crippen MR) is 40.8 cm³/mol. The number of hydrogen-bond acceptors (Lipinski definition) is 1. The summed E-state index contributed by atoms with van der Waals surface area (Å²) in [6, 6.07) is 1.02. The van der Waals surface area contributed by atoms with Crippen molar-refractivity contribution in [2.45, 2.75) is 31.7 Å². The molecule has 0 aromatic carbocycles. The molecule has 0 N–H and O–H groups in total. The Bertz CT molecular complexity index is 121. The maximum atomic E-state index is 2.73. The molecule has 0 spiro atoms. The highest BCUT2D eigenvalue weighted by atomic mass is 15.2. The van der Waals surface area contributed by atoms with E-state index in [9.17, 15) is 0 Å². The van der Waals surface area contributed by atoms with Crippen molar-refractivity contribution in [1.29, 1.82) is 0 Å². The van der Waals surface area contributed by atoms with Gasteiger partial charge in [0, 0.05) is 12.6 Å². The number of hydrogen-bond donors (Lipinski definition) is 0. The summed E-state index contributed by atoms with van der Waals surface area (Å²) in [6.07, 6.45) is 6.12. The Labute approximate surface area is 62.4 Å². The number of piperidine rings is 1. The van der Waals surface area contributed by atoms with Crippen LogP contribution in [0.2, 0.25) is 0 Å². The first-order valence-electron chi connectivity index (χ1n) is 4.67. The fourth-order valence-corrected chi connectivity index (χ4v) is 3.28. The fourth-order valence-electron chi connectivity index (χ4n) is 3.28. The first-order chi connectivity index (χ1) is 4.93. The van der Waals surface area contributed by atoms with Gasteiger partial charge in [0.2, 0.25) is 0 Å². The van der Waals surface area contributed by atoms with Crippen LogP contribution in [0.15, 0.2) is 0 Å². The molecule has 1 nitrogen and oxygen atoms in total. The summed E-state index contributed by atoms with van der Waals surface area (Å²) < 4.78 is 0. The monoisotopic (exact) mass is 137 g/mol. The van der Waals surface area contributed by atoms with Crippen LogP contribution in [-0.2, 0) is 0 Å². The van der Waals surface area contributed by atoms with Gasteiger partial charge in [0.1, 0.15) is 0 Å². The van der Waals surface area contributed by atoms with E-state index >= 15 is 0 Å². The van der Waals surface area contributed by atoms with Crippen molar-refractivity contribution in [1.82, 2.24) is 4.90 Å². The van der Waals surface area contributed by atoms with Gasteiger partial charge < -0.3 is 4.90 Å².